The van der Waals surface area contributed by atoms with Crippen molar-refractivity contribution in [2.75, 3.05) is 12.8 Å². The molecule has 0 aliphatic carbocycles. The fourth-order valence-electron chi connectivity index (χ4n) is 1.97. The van der Waals surface area contributed by atoms with Crippen LogP contribution in [0.3, 0.4) is 0 Å². The Kier molecular flexibility index (Phi) is 3.81. The highest BCUT2D eigenvalue weighted by atomic mass is 16.5. The van der Waals surface area contributed by atoms with Crippen molar-refractivity contribution in [2.45, 2.75) is 6.92 Å². The molecule has 7 heteroatoms. The molecule has 7 nitrogen and oxygen atoms in total. The molecule has 2 aromatic rings. The van der Waals surface area contributed by atoms with Gasteiger partial charge in [0.15, 0.2) is 0 Å². The maximum absolute atomic E-state index is 11.9. The van der Waals surface area contributed by atoms with Crippen molar-refractivity contribution in [3.05, 3.63) is 35.5 Å². The highest BCUT2D eigenvalue weighted by Crippen LogP contribution is 2.31. The first-order valence-corrected chi connectivity index (χ1v) is 5.87. The summed E-state index contributed by atoms with van der Waals surface area (Å²) in [6.07, 6.45) is 0. The quantitative estimate of drug-likeness (QED) is 0.429. The molecular formula is C13H15N5O2. The van der Waals surface area contributed by atoms with Crippen molar-refractivity contribution >= 4 is 11.9 Å². The van der Waals surface area contributed by atoms with Crippen LogP contribution in [-0.2, 0) is 0 Å². The molecule has 1 aromatic carbocycles. The fraction of sp³-hybridized carbons (Fsp3) is 0.154. The number of hydrogen-bond acceptors (Lipinski definition) is 6. The SMILES string of the molecule is COc1ccccc1-c1nc(N)nc(C)c1C(=O)NN. The van der Waals surface area contributed by atoms with Crippen LogP contribution in [0, 0.1) is 6.92 Å². The van der Waals surface area contributed by atoms with E-state index in [1.165, 1.54) is 0 Å². The number of methoxy groups -OCH3 is 1. The molecule has 0 saturated heterocycles. The van der Waals surface area contributed by atoms with E-state index in [1.807, 2.05) is 12.1 Å². The van der Waals surface area contributed by atoms with Crippen LogP contribution >= 0.6 is 0 Å². The number of hydrazine groups is 1. The predicted molar refractivity (Wildman–Crippen MR) is 74.8 cm³/mol. The summed E-state index contributed by atoms with van der Waals surface area (Å²) in [6, 6.07) is 7.19. The Morgan fingerprint density at radius 1 is 1.30 bits per heavy atom. The lowest BCUT2D eigenvalue weighted by atomic mass is 10.0. The first-order valence-electron chi connectivity index (χ1n) is 5.87. The topological polar surface area (TPSA) is 116 Å². The largest absolute Gasteiger partial charge is 0.496 e. The van der Waals surface area contributed by atoms with Gasteiger partial charge in [-0.2, -0.15) is 0 Å². The number of nitrogen functional groups attached to an aromatic ring is 2. The van der Waals surface area contributed by atoms with Gasteiger partial charge in [-0.25, -0.2) is 15.8 Å². The zero-order valence-corrected chi connectivity index (χ0v) is 11.2. The first-order chi connectivity index (χ1) is 9.58. The Labute approximate surface area is 115 Å². The summed E-state index contributed by atoms with van der Waals surface area (Å²) in [5.74, 6) is 5.39. The molecule has 0 radical (unpaired) electrons. The molecule has 104 valence electrons. The minimum absolute atomic E-state index is 0.0805. The van der Waals surface area contributed by atoms with E-state index in [1.54, 1.807) is 26.2 Å². The molecule has 2 rings (SSSR count). The molecule has 0 fully saturated rings. The van der Waals surface area contributed by atoms with Gasteiger partial charge in [0.2, 0.25) is 5.95 Å². The van der Waals surface area contributed by atoms with Crippen molar-refractivity contribution in [3.63, 3.8) is 0 Å². The average Bonchev–Trinajstić information content (AvgIpc) is 2.45. The van der Waals surface area contributed by atoms with Crippen LogP contribution in [0.5, 0.6) is 5.75 Å². The van der Waals surface area contributed by atoms with E-state index in [-0.39, 0.29) is 11.5 Å². The van der Waals surface area contributed by atoms with Gasteiger partial charge in [-0.1, -0.05) is 12.1 Å². The molecule has 20 heavy (non-hydrogen) atoms. The summed E-state index contributed by atoms with van der Waals surface area (Å²) in [5, 5.41) is 0. The van der Waals surface area contributed by atoms with E-state index < -0.39 is 5.91 Å². The van der Waals surface area contributed by atoms with E-state index in [4.69, 9.17) is 16.3 Å². The van der Waals surface area contributed by atoms with Crippen LogP contribution < -0.4 is 21.7 Å². The number of ether oxygens (including phenoxy) is 1. The highest BCUT2D eigenvalue weighted by molar-refractivity contribution is 6.01. The third kappa shape index (κ3) is 2.39. The number of nitrogens with two attached hydrogens (primary N) is 2. The number of aryl methyl sites for hydroxylation is 1. The van der Waals surface area contributed by atoms with Gasteiger partial charge in [0, 0.05) is 5.56 Å². The van der Waals surface area contributed by atoms with Crippen molar-refractivity contribution in [3.8, 4) is 17.0 Å². The number of carbonyl (C=O) groups excluding carboxylic acids is 1. The van der Waals surface area contributed by atoms with E-state index in [9.17, 15) is 4.79 Å². The lowest BCUT2D eigenvalue weighted by Gasteiger charge is -2.13. The van der Waals surface area contributed by atoms with Gasteiger partial charge in [0.05, 0.1) is 24.1 Å². The maximum Gasteiger partial charge on any atom is 0.269 e. The molecule has 1 heterocycles. The number of aromatic nitrogens is 2. The standard InChI is InChI=1S/C13H15N5O2/c1-7-10(12(19)18-15)11(17-13(14)16-7)8-5-3-4-6-9(8)20-2/h3-6H,15H2,1-2H3,(H,18,19)(H2,14,16,17). The number of benzene rings is 1. The van der Waals surface area contributed by atoms with Gasteiger partial charge in [0.1, 0.15) is 5.75 Å². The van der Waals surface area contributed by atoms with Gasteiger partial charge in [-0.3, -0.25) is 10.2 Å². The summed E-state index contributed by atoms with van der Waals surface area (Å²) in [4.78, 5) is 20.1. The number of nitrogens with one attached hydrogen (secondary N) is 1. The van der Waals surface area contributed by atoms with Crippen molar-refractivity contribution in [1.82, 2.24) is 15.4 Å². The van der Waals surface area contributed by atoms with Gasteiger partial charge < -0.3 is 10.5 Å². The Morgan fingerprint density at radius 3 is 2.65 bits per heavy atom. The second-order valence-corrected chi connectivity index (χ2v) is 4.06. The molecule has 1 amide bonds. The first kappa shape index (κ1) is 13.8. The molecule has 0 aliphatic heterocycles. The van der Waals surface area contributed by atoms with E-state index in [0.717, 1.165) is 0 Å². The molecule has 0 unspecified atom stereocenters. The number of para-hydroxylation sites is 1. The van der Waals surface area contributed by atoms with Crippen LogP contribution in [0.4, 0.5) is 5.95 Å². The van der Waals surface area contributed by atoms with Gasteiger partial charge >= 0.3 is 0 Å². The lowest BCUT2D eigenvalue weighted by molar-refractivity contribution is 0.0953. The second kappa shape index (κ2) is 5.54. The normalized spacial score (nSPS) is 10.2. The summed E-state index contributed by atoms with van der Waals surface area (Å²) in [6.45, 7) is 1.67. The van der Waals surface area contributed by atoms with Gasteiger partial charge in [-0.15, -0.1) is 0 Å². The molecule has 0 bridgehead atoms. The predicted octanol–water partition coefficient (Wildman–Crippen LogP) is 0.646. The van der Waals surface area contributed by atoms with Crippen LogP contribution in [0.25, 0.3) is 11.3 Å². The number of nitrogens with zero attached hydrogens (tertiary/aromatic N) is 2. The zero-order valence-electron chi connectivity index (χ0n) is 11.2. The van der Waals surface area contributed by atoms with E-state index in [2.05, 4.69) is 15.4 Å². The maximum atomic E-state index is 11.9. The van der Waals surface area contributed by atoms with Crippen molar-refractivity contribution in [1.29, 1.82) is 0 Å². The summed E-state index contributed by atoms with van der Waals surface area (Å²) < 4.78 is 5.28. The highest BCUT2D eigenvalue weighted by Gasteiger charge is 2.20. The Bertz CT molecular complexity index is 657. The van der Waals surface area contributed by atoms with Crippen LogP contribution in [0.1, 0.15) is 16.1 Å². The van der Waals surface area contributed by atoms with Crippen LogP contribution in [-0.4, -0.2) is 23.0 Å². The lowest BCUT2D eigenvalue weighted by Crippen LogP contribution is -2.31. The van der Waals surface area contributed by atoms with Crippen molar-refractivity contribution in [2.24, 2.45) is 5.84 Å². The third-order valence-electron chi connectivity index (χ3n) is 2.83. The third-order valence-corrected chi connectivity index (χ3v) is 2.83. The zero-order chi connectivity index (χ0) is 14.7. The average molecular weight is 273 g/mol. The summed E-state index contributed by atoms with van der Waals surface area (Å²) >= 11 is 0. The van der Waals surface area contributed by atoms with Gasteiger partial charge in [0.25, 0.3) is 5.91 Å². The fourth-order valence-corrected chi connectivity index (χ4v) is 1.97. The van der Waals surface area contributed by atoms with Crippen molar-refractivity contribution < 1.29 is 9.53 Å². The van der Waals surface area contributed by atoms with Gasteiger partial charge in [-0.05, 0) is 19.1 Å². The molecule has 5 N–H and O–H groups in total. The number of anilines is 1. The summed E-state index contributed by atoms with van der Waals surface area (Å²) in [5.41, 5.74) is 9.51. The number of hydrogen-bond donors (Lipinski definition) is 3. The number of amides is 1. The molecular weight excluding hydrogens is 258 g/mol. The molecule has 1 aromatic heterocycles. The van der Waals surface area contributed by atoms with Crippen LogP contribution in [0.15, 0.2) is 24.3 Å². The number of carbonyl (C=O) groups is 1. The molecule has 0 aliphatic rings. The Hall–Kier alpha value is -2.67. The molecule has 0 spiro atoms. The minimum Gasteiger partial charge on any atom is -0.496 e. The Balaban J connectivity index is 2.75. The minimum atomic E-state index is -0.483. The second-order valence-electron chi connectivity index (χ2n) is 4.06. The Morgan fingerprint density at radius 2 is 2.00 bits per heavy atom. The summed E-state index contributed by atoms with van der Waals surface area (Å²) in [7, 11) is 1.54. The molecule has 0 saturated carbocycles. The number of rotatable bonds is 3. The smallest absolute Gasteiger partial charge is 0.269 e. The monoisotopic (exact) mass is 273 g/mol. The molecule has 0 atom stereocenters. The van der Waals surface area contributed by atoms with E-state index >= 15 is 0 Å². The van der Waals surface area contributed by atoms with Crippen LogP contribution in [0.2, 0.25) is 0 Å². The van der Waals surface area contributed by atoms with E-state index in [0.29, 0.717) is 22.7 Å².